The van der Waals surface area contributed by atoms with Crippen molar-refractivity contribution in [3.63, 3.8) is 0 Å². The summed E-state index contributed by atoms with van der Waals surface area (Å²) in [7, 11) is 1.56. The van der Waals surface area contributed by atoms with Crippen molar-refractivity contribution in [2.24, 2.45) is 16.2 Å². The lowest BCUT2D eigenvalue weighted by Gasteiger charge is -2.59. The summed E-state index contributed by atoms with van der Waals surface area (Å²) >= 11 is 0. The molecule has 0 fully saturated rings. The molecule has 0 amide bonds. The molecule has 222 valence electrons. The van der Waals surface area contributed by atoms with Gasteiger partial charge < -0.3 is 9.47 Å². The fourth-order valence-corrected chi connectivity index (χ4v) is 8.39. The van der Waals surface area contributed by atoms with Gasteiger partial charge in [-0.15, -0.1) is 0 Å². The number of ether oxygens (including phenoxy) is 2. The van der Waals surface area contributed by atoms with E-state index in [-0.39, 0.29) is 42.3 Å². The zero-order valence-corrected chi connectivity index (χ0v) is 26.6. The Morgan fingerprint density at radius 1 is 1.02 bits per heavy atom. The van der Waals surface area contributed by atoms with Crippen molar-refractivity contribution in [2.45, 2.75) is 100 Å². The third-order valence-electron chi connectivity index (χ3n) is 10.5. The topological polar surface area (TPSA) is 86.7 Å². The highest BCUT2D eigenvalue weighted by Gasteiger charge is 2.63. The van der Waals surface area contributed by atoms with Crippen LogP contribution in [0.1, 0.15) is 113 Å². The maximum atomic E-state index is 14.7. The lowest BCUT2D eigenvalue weighted by Crippen LogP contribution is -2.57. The van der Waals surface area contributed by atoms with Gasteiger partial charge in [-0.05, 0) is 93.9 Å². The van der Waals surface area contributed by atoms with E-state index in [4.69, 9.17) is 9.47 Å². The number of aryl methyl sites for hydroxylation is 1. The number of Topliss-reactive ketones (excluding diaryl/α,β-unsaturated/α-hetero) is 3. The zero-order chi connectivity index (χ0) is 30.7. The van der Waals surface area contributed by atoms with Crippen molar-refractivity contribution in [3.8, 4) is 0 Å². The zero-order valence-electron chi connectivity index (χ0n) is 26.6. The van der Waals surface area contributed by atoms with E-state index in [9.17, 15) is 19.2 Å². The number of carbonyl (C=O) groups is 4. The summed E-state index contributed by atoms with van der Waals surface area (Å²) in [6.07, 6.45) is 2.76. The minimum absolute atomic E-state index is 0.0121. The first kappa shape index (κ1) is 31.1. The minimum atomic E-state index is -0.937. The standard InChI is InChI=1S/C35H46O6/c1-19(2)25-15-24(11-12-27(37)41-14-13-40-10)21(4)29-26(25)17-33(7)18-34(8)16-20(3)28(23(6)36)32(39)35(34,9)22(5)30(33)31(29)38/h15,19H,11-14,16-18H2,1-10H3. The second-order valence-corrected chi connectivity index (χ2v) is 13.6. The van der Waals surface area contributed by atoms with E-state index in [1.807, 2.05) is 27.7 Å². The normalized spacial score (nSPS) is 27.6. The molecule has 0 spiro atoms. The molecule has 0 aliphatic heterocycles. The summed E-state index contributed by atoms with van der Waals surface area (Å²) in [5.41, 5.74) is 5.75. The maximum absolute atomic E-state index is 14.7. The number of ketones is 3. The number of hydrogen-bond donors (Lipinski definition) is 0. The molecule has 3 unspecified atom stereocenters. The van der Waals surface area contributed by atoms with Crippen LogP contribution in [-0.4, -0.2) is 43.6 Å². The first-order valence-electron chi connectivity index (χ1n) is 14.9. The van der Waals surface area contributed by atoms with E-state index in [1.165, 1.54) is 6.92 Å². The van der Waals surface area contributed by atoms with E-state index < -0.39 is 16.2 Å². The van der Waals surface area contributed by atoms with Crippen molar-refractivity contribution >= 4 is 23.3 Å². The molecule has 3 atom stereocenters. The molecule has 6 heteroatoms. The second kappa shape index (κ2) is 10.8. The van der Waals surface area contributed by atoms with Crippen LogP contribution >= 0.6 is 0 Å². The van der Waals surface area contributed by atoms with Crippen LogP contribution in [-0.2, 0) is 36.7 Å². The number of rotatable bonds is 8. The summed E-state index contributed by atoms with van der Waals surface area (Å²) in [4.78, 5) is 53.7. The molecule has 1 aromatic rings. The van der Waals surface area contributed by atoms with Gasteiger partial charge in [-0.2, -0.15) is 0 Å². The lowest BCUT2D eigenvalue weighted by atomic mass is 9.42. The third-order valence-corrected chi connectivity index (χ3v) is 10.5. The Balaban J connectivity index is 1.86. The van der Waals surface area contributed by atoms with Crippen LogP contribution in [0.3, 0.4) is 0 Å². The van der Waals surface area contributed by atoms with Gasteiger partial charge in [0, 0.05) is 30.1 Å². The highest BCUT2D eigenvalue weighted by atomic mass is 16.6. The number of hydrogen-bond acceptors (Lipinski definition) is 6. The summed E-state index contributed by atoms with van der Waals surface area (Å²) in [5, 5.41) is 0. The Labute approximate surface area is 244 Å². The molecule has 4 rings (SSSR count). The van der Waals surface area contributed by atoms with E-state index >= 15 is 0 Å². The highest BCUT2D eigenvalue weighted by molar-refractivity contribution is 6.24. The number of esters is 1. The average Bonchev–Trinajstić information content (AvgIpc) is 2.85. The molecule has 0 N–H and O–H groups in total. The monoisotopic (exact) mass is 562 g/mol. The van der Waals surface area contributed by atoms with Crippen molar-refractivity contribution < 1.29 is 28.7 Å². The van der Waals surface area contributed by atoms with Crippen LogP contribution in [0.5, 0.6) is 0 Å². The van der Waals surface area contributed by atoms with Crippen molar-refractivity contribution in [1.29, 1.82) is 0 Å². The Morgan fingerprint density at radius 2 is 1.68 bits per heavy atom. The first-order valence-corrected chi connectivity index (χ1v) is 14.9. The quantitative estimate of drug-likeness (QED) is 0.202. The number of methoxy groups -OCH3 is 1. The maximum Gasteiger partial charge on any atom is 0.306 e. The SMILES string of the molecule is COCCOC(=O)CCc1cc(C(C)C)c2c(c1C)C(=O)C1=C(C)C3(C)C(=O)C(C(C)=O)=C(C)CC3(C)CC1(C)C2. The summed E-state index contributed by atoms with van der Waals surface area (Å²) in [6.45, 7) is 18.5. The molecule has 0 radical (unpaired) electrons. The van der Waals surface area contributed by atoms with Gasteiger partial charge >= 0.3 is 5.97 Å². The van der Waals surface area contributed by atoms with E-state index in [0.29, 0.717) is 31.4 Å². The minimum Gasteiger partial charge on any atom is -0.463 e. The largest absolute Gasteiger partial charge is 0.463 e. The molecule has 0 saturated heterocycles. The van der Waals surface area contributed by atoms with Crippen LogP contribution in [0, 0.1) is 23.2 Å². The first-order chi connectivity index (χ1) is 19.0. The van der Waals surface area contributed by atoms with Crippen LogP contribution in [0.2, 0.25) is 0 Å². The predicted octanol–water partition coefficient (Wildman–Crippen LogP) is 6.60. The smallest absolute Gasteiger partial charge is 0.306 e. The fourth-order valence-electron chi connectivity index (χ4n) is 8.39. The molecule has 41 heavy (non-hydrogen) atoms. The van der Waals surface area contributed by atoms with Gasteiger partial charge in [0.25, 0.3) is 0 Å². The van der Waals surface area contributed by atoms with Crippen molar-refractivity contribution in [3.05, 3.63) is 56.2 Å². The van der Waals surface area contributed by atoms with Gasteiger partial charge in [0.1, 0.15) is 6.61 Å². The second-order valence-electron chi connectivity index (χ2n) is 13.6. The summed E-state index contributed by atoms with van der Waals surface area (Å²) in [6, 6.07) is 2.18. The number of allylic oxidation sites excluding steroid dienone is 4. The van der Waals surface area contributed by atoms with Gasteiger partial charge in [-0.25, -0.2) is 0 Å². The van der Waals surface area contributed by atoms with Crippen molar-refractivity contribution in [1.82, 2.24) is 0 Å². The average molecular weight is 563 g/mol. The van der Waals surface area contributed by atoms with Gasteiger partial charge in [-0.1, -0.05) is 44.9 Å². The highest BCUT2D eigenvalue weighted by Crippen LogP contribution is 2.66. The van der Waals surface area contributed by atoms with E-state index in [0.717, 1.165) is 51.0 Å². The van der Waals surface area contributed by atoms with E-state index in [2.05, 4.69) is 33.8 Å². The number of benzene rings is 1. The summed E-state index contributed by atoms with van der Waals surface area (Å²) < 4.78 is 10.2. The van der Waals surface area contributed by atoms with E-state index in [1.54, 1.807) is 7.11 Å². The Bertz CT molecular complexity index is 1410. The molecule has 6 nitrogen and oxygen atoms in total. The van der Waals surface area contributed by atoms with Crippen LogP contribution in [0.4, 0.5) is 0 Å². The van der Waals surface area contributed by atoms with Crippen LogP contribution in [0.25, 0.3) is 0 Å². The van der Waals surface area contributed by atoms with Gasteiger partial charge in [0.15, 0.2) is 17.3 Å². The molecule has 1 aromatic carbocycles. The van der Waals surface area contributed by atoms with Gasteiger partial charge in [-0.3, -0.25) is 19.2 Å². The van der Waals surface area contributed by atoms with Crippen LogP contribution < -0.4 is 0 Å². The van der Waals surface area contributed by atoms with Crippen molar-refractivity contribution in [2.75, 3.05) is 20.3 Å². The molecule has 0 saturated carbocycles. The molecule has 0 aromatic heterocycles. The Kier molecular flexibility index (Phi) is 8.16. The molecular formula is C35H46O6. The molecule has 3 aliphatic rings. The third kappa shape index (κ3) is 4.76. The molecule has 3 aliphatic carbocycles. The Morgan fingerprint density at radius 3 is 2.27 bits per heavy atom. The fraction of sp³-hybridized carbons (Fsp3) is 0.600. The van der Waals surface area contributed by atoms with Gasteiger partial charge in [0.05, 0.1) is 17.6 Å². The van der Waals surface area contributed by atoms with Gasteiger partial charge in [0.2, 0.25) is 0 Å². The van der Waals surface area contributed by atoms with Crippen LogP contribution in [0.15, 0.2) is 28.4 Å². The predicted molar refractivity (Wildman–Crippen MR) is 159 cm³/mol. The summed E-state index contributed by atoms with van der Waals surface area (Å²) in [5.74, 6) is -0.458. The number of carbonyl (C=O) groups excluding carboxylic acids is 4. The lowest BCUT2D eigenvalue weighted by molar-refractivity contribution is -0.144. The Hall–Kier alpha value is -2.86. The molecular weight excluding hydrogens is 516 g/mol. The molecule has 0 bridgehead atoms. The number of fused-ring (bicyclic) bond motifs is 3. The molecule has 0 heterocycles.